The Morgan fingerprint density at radius 2 is 1.75 bits per heavy atom. The fraction of sp³-hybridized carbons (Fsp3) is 0.321. The number of benzene rings is 2. The van der Waals surface area contributed by atoms with E-state index in [9.17, 15) is 9.59 Å². The van der Waals surface area contributed by atoms with Crippen LogP contribution in [0.5, 0.6) is 0 Å². The lowest BCUT2D eigenvalue weighted by Crippen LogP contribution is -2.47. The molecule has 0 radical (unpaired) electrons. The topological polar surface area (TPSA) is 70.5 Å². The molecule has 2 aliphatic rings. The number of aromatic nitrogens is 2. The van der Waals surface area contributed by atoms with Gasteiger partial charge in [-0.2, -0.15) is 5.10 Å². The quantitative estimate of drug-likeness (QED) is 0.501. The second-order valence-electron chi connectivity index (χ2n) is 9.39. The molecule has 2 saturated heterocycles. The Morgan fingerprint density at radius 3 is 2.44 bits per heavy atom. The van der Waals surface area contributed by atoms with E-state index in [4.69, 9.17) is 16.7 Å². The van der Waals surface area contributed by atoms with Gasteiger partial charge < -0.3 is 15.1 Å². The zero-order chi connectivity index (χ0) is 25.2. The first-order valence-corrected chi connectivity index (χ1v) is 12.7. The number of likely N-dealkylation sites (tertiary alicyclic amines) is 1. The summed E-state index contributed by atoms with van der Waals surface area (Å²) in [6.07, 6.45) is 5.69. The van der Waals surface area contributed by atoms with Crippen molar-refractivity contribution in [2.75, 3.05) is 26.2 Å². The minimum absolute atomic E-state index is 0.0120. The van der Waals surface area contributed by atoms with Crippen molar-refractivity contribution in [3.05, 3.63) is 81.6 Å². The molecule has 5 rings (SSSR count). The van der Waals surface area contributed by atoms with Crippen LogP contribution < -0.4 is 5.32 Å². The third-order valence-electron chi connectivity index (χ3n) is 7.04. The average Bonchev–Trinajstić information content (AvgIpc) is 3.45. The van der Waals surface area contributed by atoms with Gasteiger partial charge in [-0.05, 0) is 62.1 Å². The third-order valence-corrected chi connectivity index (χ3v) is 7.29. The van der Waals surface area contributed by atoms with Crippen LogP contribution in [-0.2, 0) is 0 Å². The van der Waals surface area contributed by atoms with Gasteiger partial charge in [0, 0.05) is 37.2 Å². The number of carbonyl (C=O) groups is 2. The highest BCUT2D eigenvalue weighted by Gasteiger charge is 2.33. The molecule has 2 aliphatic heterocycles. The number of rotatable bonds is 5. The molecule has 2 fully saturated rings. The van der Waals surface area contributed by atoms with E-state index in [0.717, 1.165) is 47.6 Å². The summed E-state index contributed by atoms with van der Waals surface area (Å²) in [6.45, 7) is 6.57. The smallest absolute Gasteiger partial charge is 0.317 e. The van der Waals surface area contributed by atoms with E-state index < -0.39 is 0 Å². The summed E-state index contributed by atoms with van der Waals surface area (Å²) in [5.41, 5.74) is 5.23. The zero-order valence-electron chi connectivity index (χ0n) is 20.6. The van der Waals surface area contributed by atoms with E-state index in [1.807, 2.05) is 76.9 Å². The van der Waals surface area contributed by atoms with Crippen LogP contribution >= 0.6 is 11.6 Å². The number of amides is 3. The van der Waals surface area contributed by atoms with Crippen LogP contribution in [0.2, 0.25) is 5.02 Å². The van der Waals surface area contributed by atoms with Gasteiger partial charge in [-0.3, -0.25) is 4.79 Å². The molecule has 0 unspecified atom stereocenters. The van der Waals surface area contributed by atoms with Gasteiger partial charge in [0.2, 0.25) is 0 Å². The van der Waals surface area contributed by atoms with Gasteiger partial charge in [-0.1, -0.05) is 48.0 Å². The molecule has 1 N–H and O–H groups in total. The molecule has 3 aromatic rings. The highest BCUT2D eigenvalue weighted by atomic mass is 35.5. The summed E-state index contributed by atoms with van der Waals surface area (Å²) in [5, 5.41) is 8.31. The summed E-state index contributed by atoms with van der Waals surface area (Å²) < 4.78 is 1.85. The normalized spacial score (nSPS) is 16.7. The van der Waals surface area contributed by atoms with Crippen molar-refractivity contribution >= 4 is 35.7 Å². The SMILES string of the molecule is Cc1nn(-c2cccc(C=Cc3ccc(Cl)cc3)c2)c(C)c1C(=O)N1CCC(N2CCNC2=O)CC1. The predicted molar refractivity (Wildman–Crippen MR) is 142 cm³/mol. The number of piperidine rings is 1. The van der Waals surface area contributed by atoms with E-state index in [1.165, 1.54) is 0 Å². The molecule has 3 heterocycles. The minimum Gasteiger partial charge on any atom is -0.338 e. The lowest BCUT2D eigenvalue weighted by atomic mass is 10.0. The van der Waals surface area contributed by atoms with E-state index in [0.29, 0.717) is 30.2 Å². The highest BCUT2D eigenvalue weighted by Crippen LogP contribution is 2.24. The fourth-order valence-electron chi connectivity index (χ4n) is 5.10. The maximum Gasteiger partial charge on any atom is 0.317 e. The van der Waals surface area contributed by atoms with Gasteiger partial charge in [0.15, 0.2) is 0 Å². The van der Waals surface area contributed by atoms with Crippen LogP contribution in [0, 0.1) is 13.8 Å². The molecule has 0 saturated carbocycles. The molecule has 0 bridgehead atoms. The molecule has 8 heteroatoms. The van der Waals surface area contributed by atoms with Crippen molar-refractivity contribution in [3.63, 3.8) is 0 Å². The fourth-order valence-corrected chi connectivity index (χ4v) is 5.23. The summed E-state index contributed by atoms with van der Waals surface area (Å²) >= 11 is 5.98. The summed E-state index contributed by atoms with van der Waals surface area (Å²) in [4.78, 5) is 29.3. The van der Waals surface area contributed by atoms with Crippen molar-refractivity contribution in [2.24, 2.45) is 0 Å². The van der Waals surface area contributed by atoms with Crippen molar-refractivity contribution in [2.45, 2.75) is 32.7 Å². The standard InChI is InChI=1S/C28H30ClN5O2/c1-19-26(27(35)32-15-12-24(13-16-32)33-17-14-30-28(33)36)20(2)34(31-19)25-5-3-4-22(18-25)7-6-21-8-10-23(29)11-9-21/h3-11,18,24H,12-17H2,1-2H3,(H,30,36). The van der Waals surface area contributed by atoms with Crippen molar-refractivity contribution in [1.29, 1.82) is 0 Å². The maximum absolute atomic E-state index is 13.5. The number of halogens is 1. The zero-order valence-corrected chi connectivity index (χ0v) is 21.3. The summed E-state index contributed by atoms with van der Waals surface area (Å²) in [6, 6.07) is 16.0. The Balaban J connectivity index is 1.31. The van der Waals surface area contributed by atoms with Crippen molar-refractivity contribution in [3.8, 4) is 5.69 Å². The number of hydrogen-bond acceptors (Lipinski definition) is 3. The van der Waals surface area contributed by atoms with E-state index >= 15 is 0 Å². The first-order valence-electron chi connectivity index (χ1n) is 12.3. The Hall–Kier alpha value is -3.58. The summed E-state index contributed by atoms with van der Waals surface area (Å²) in [7, 11) is 0. The summed E-state index contributed by atoms with van der Waals surface area (Å²) in [5.74, 6) is 0.0133. The molecular weight excluding hydrogens is 474 g/mol. The van der Waals surface area contributed by atoms with Crippen LogP contribution in [0.1, 0.15) is 45.7 Å². The molecule has 1 aromatic heterocycles. The average molecular weight is 504 g/mol. The van der Waals surface area contributed by atoms with Crippen LogP contribution in [0.4, 0.5) is 4.79 Å². The Labute approximate surface area is 216 Å². The van der Waals surface area contributed by atoms with Crippen LogP contribution in [0.25, 0.3) is 17.8 Å². The van der Waals surface area contributed by atoms with Crippen molar-refractivity contribution < 1.29 is 9.59 Å². The number of aryl methyl sites for hydroxylation is 1. The molecule has 7 nitrogen and oxygen atoms in total. The van der Waals surface area contributed by atoms with Crippen LogP contribution in [0.15, 0.2) is 48.5 Å². The minimum atomic E-state index is 0.0120. The second kappa shape index (κ2) is 10.2. The van der Waals surface area contributed by atoms with Gasteiger partial charge in [0.05, 0.1) is 22.6 Å². The number of hydrogen-bond donors (Lipinski definition) is 1. The molecule has 0 atom stereocenters. The molecule has 3 amide bonds. The monoisotopic (exact) mass is 503 g/mol. The maximum atomic E-state index is 13.5. The van der Waals surface area contributed by atoms with Crippen molar-refractivity contribution in [1.82, 2.24) is 24.9 Å². The lowest BCUT2D eigenvalue weighted by Gasteiger charge is -2.36. The molecule has 0 spiro atoms. The van der Waals surface area contributed by atoms with Crippen LogP contribution in [-0.4, -0.2) is 63.7 Å². The Kier molecular flexibility index (Phi) is 6.83. The second-order valence-corrected chi connectivity index (χ2v) is 9.82. The van der Waals surface area contributed by atoms with E-state index in [1.54, 1.807) is 0 Å². The molecule has 0 aliphatic carbocycles. The number of urea groups is 1. The molecule has 36 heavy (non-hydrogen) atoms. The van der Waals surface area contributed by atoms with Gasteiger partial charge in [0.25, 0.3) is 5.91 Å². The molecular formula is C28H30ClN5O2. The Bertz CT molecular complexity index is 1310. The van der Waals surface area contributed by atoms with Crippen LogP contribution in [0.3, 0.4) is 0 Å². The molecule has 2 aromatic carbocycles. The largest absolute Gasteiger partial charge is 0.338 e. The van der Waals surface area contributed by atoms with Gasteiger partial charge >= 0.3 is 6.03 Å². The first kappa shape index (κ1) is 24.1. The number of carbonyl (C=O) groups excluding carboxylic acids is 2. The van der Waals surface area contributed by atoms with Gasteiger partial charge in [-0.25, -0.2) is 9.48 Å². The predicted octanol–water partition coefficient (Wildman–Crippen LogP) is 4.94. The Morgan fingerprint density at radius 1 is 1.03 bits per heavy atom. The van der Waals surface area contributed by atoms with Gasteiger partial charge in [0.1, 0.15) is 0 Å². The number of nitrogens with zero attached hydrogens (tertiary/aromatic N) is 4. The highest BCUT2D eigenvalue weighted by molar-refractivity contribution is 6.30. The third kappa shape index (κ3) is 4.88. The molecule has 186 valence electrons. The van der Waals surface area contributed by atoms with E-state index in [-0.39, 0.29) is 18.0 Å². The van der Waals surface area contributed by atoms with Gasteiger partial charge in [-0.15, -0.1) is 0 Å². The first-order chi connectivity index (χ1) is 17.4. The lowest BCUT2D eigenvalue weighted by molar-refractivity contribution is 0.0664. The van der Waals surface area contributed by atoms with E-state index in [2.05, 4.69) is 17.5 Å². The number of nitrogens with one attached hydrogen (secondary N) is 1.